The summed E-state index contributed by atoms with van der Waals surface area (Å²) in [4.78, 5) is 30.5. The summed E-state index contributed by atoms with van der Waals surface area (Å²) in [6.45, 7) is 1.30. The van der Waals surface area contributed by atoms with Crippen LogP contribution in [0.4, 0.5) is 26.3 Å². The maximum atomic E-state index is 15.4. The fraction of sp³-hybridized carbons (Fsp3) is 0.346. The minimum Gasteiger partial charge on any atom is -0.373 e. The molecule has 1 aliphatic rings. The van der Waals surface area contributed by atoms with Gasteiger partial charge in [-0.2, -0.15) is 13.2 Å². The lowest BCUT2D eigenvalue weighted by molar-refractivity contribution is -0.137. The van der Waals surface area contributed by atoms with Crippen LogP contribution in [0.2, 0.25) is 0 Å². The predicted molar refractivity (Wildman–Crippen MR) is 124 cm³/mol. The van der Waals surface area contributed by atoms with Crippen molar-refractivity contribution in [2.45, 2.75) is 51.6 Å². The molecule has 0 radical (unpaired) electrons. The van der Waals surface area contributed by atoms with Gasteiger partial charge in [0, 0.05) is 29.8 Å². The molecule has 2 aromatic carbocycles. The zero-order chi connectivity index (χ0) is 27.6. The summed E-state index contributed by atoms with van der Waals surface area (Å²) in [6, 6.07) is 6.13. The molecule has 0 unspecified atom stereocenters. The van der Waals surface area contributed by atoms with E-state index in [0.717, 1.165) is 24.3 Å². The third-order valence-electron chi connectivity index (χ3n) is 6.31. The van der Waals surface area contributed by atoms with Gasteiger partial charge >= 0.3 is 6.18 Å². The molecular formula is C26H23F6N3O3. The first-order valence-corrected chi connectivity index (χ1v) is 11.8. The number of rotatable bonds is 8. The van der Waals surface area contributed by atoms with Gasteiger partial charge < -0.3 is 15.0 Å². The van der Waals surface area contributed by atoms with Crippen LogP contribution in [-0.4, -0.2) is 22.0 Å². The molecule has 0 bridgehead atoms. The Bertz CT molecular complexity index is 1400. The highest BCUT2D eigenvalue weighted by molar-refractivity contribution is 5.79. The van der Waals surface area contributed by atoms with Crippen LogP contribution >= 0.6 is 0 Å². The van der Waals surface area contributed by atoms with Gasteiger partial charge in [-0.1, -0.05) is 19.1 Å². The summed E-state index contributed by atoms with van der Waals surface area (Å²) >= 11 is 0. The third kappa shape index (κ3) is 6.07. The Balaban J connectivity index is 1.41. The minimum absolute atomic E-state index is 0.0328. The molecule has 0 spiro atoms. The number of carbonyl (C=O) groups excluding carboxylic acids is 1. The Morgan fingerprint density at radius 3 is 2.50 bits per heavy atom. The van der Waals surface area contributed by atoms with E-state index >= 15 is 4.39 Å². The zero-order valence-corrected chi connectivity index (χ0v) is 20.1. The number of hydrogen-bond donors (Lipinski definition) is 2. The van der Waals surface area contributed by atoms with Crippen molar-refractivity contribution in [1.29, 1.82) is 0 Å². The van der Waals surface area contributed by atoms with Crippen molar-refractivity contribution in [3.05, 3.63) is 86.6 Å². The molecule has 38 heavy (non-hydrogen) atoms. The van der Waals surface area contributed by atoms with Gasteiger partial charge in [0.1, 0.15) is 11.6 Å². The number of alkyl halides is 3. The quantitative estimate of drug-likeness (QED) is 0.393. The minimum atomic E-state index is -4.92. The van der Waals surface area contributed by atoms with Gasteiger partial charge in [0.15, 0.2) is 11.6 Å². The number of ether oxygens (including phenoxy) is 1. The molecule has 0 aliphatic heterocycles. The molecule has 0 saturated heterocycles. The van der Waals surface area contributed by atoms with Crippen LogP contribution in [0.15, 0.2) is 41.2 Å². The highest BCUT2D eigenvalue weighted by Gasteiger charge is 2.38. The standard InChI is InChI=1S/C26H23F6N3O3/c1-2-16-10-21(36)35-24(34-16)22-18(26(30,31)32)5-4-14(23(22)29)11-33-25(37)15-8-17(9-15)38-12-13-3-6-19(27)20(28)7-13/h3-7,10,15,17H,2,8-9,11-12H2,1H3,(H,33,37)(H,34,35,36)/t15-,17-. The van der Waals surface area contributed by atoms with E-state index in [9.17, 15) is 31.5 Å². The topological polar surface area (TPSA) is 84.1 Å². The number of hydrogen-bond acceptors (Lipinski definition) is 4. The molecule has 1 amide bonds. The van der Waals surface area contributed by atoms with Crippen molar-refractivity contribution >= 4 is 5.91 Å². The highest BCUT2D eigenvalue weighted by atomic mass is 19.4. The van der Waals surface area contributed by atoms with E-state index in [2.05, 4.69) is 15.3 Å². The highest BCUT2D eigenvalue weighted by Crippen LogP contribution is 2.38. The number of nitrogens with one attached hydrogen (secondary N) is 2. The first-order chi connectivity index (χ1) is 18.0. The van der Waals surface area contributed by atoms with Crippen LogP contribution in [-0.2, 0) is 35.3 Å². The Labute approximate surface area is 213 Å². The van der Waals surface area contributed by atoms with Crippen molar-refractivity contribution in [3.63, 3.8) is 0 Å². The molecule has 1 fully saturated rings. The van der Waals surface area contributed by atoms with Crippen LogP contribution in [0, 0.1) is 23.4 Å². The van der Waals surface area contributed by atoms with E-state index < -0.39 is 58.0 Å². The van der Waals surface area contributed by atoms with Crippen molar-refractivity contribution in [1.82, 2.24) is 15.3 Å². The second kappa shape index (κ2) is 11.0. The maximum absolute atomic E-state index is 15.4. The summed E-state index contributed by atoms with van der Waals surface area (Å²) in [5, 5.41) is 2.52. The number of carbonyl (C=O) groups is 1. The van der Waals surface area contributed by atoms with Gasteiger partial charge in [0.05, 0.1) is 23.8 Å². The fourth-order valence-electron chi connectivity index (χ4n) is 4.12. The molecule has 202 valence electrons. The van der Waals surface area contributed by atoms with Crippen molar-refractivity contribution in [3.8, 4) is 11.4 Å². The summed E-state index contributed by atoms with van der Waals surface area (Å²) in [5.41, 5.74) is -2.50. The van der Waals surface area contributed by atoms with Gasteiger partial charge in [-0.3, -0.25) is 9.59 Å². The molecule has 12 heteroatoms. The predicted octanol–water partition coefficient (Wildman–Crippen LogP) is 5.05. The largest absolute Gasteiger partial charge is 0.417 e. The number of halogens is 6. The molecule has 1 heterocycles. The molecule has 1 aromatic heterocycles. The summed E-state index contributed by atoms with van der Waals surface area (Å²) in [5.74, 6) is -4.65. The Morgan fingerprint density at radius 1 is 1.11 bits per heavy atom. The lowest BCUT2D eigenvalue weighted by atomic mass is 9.81. The monoisotopic (exact) mass is 539 g/mol. The van der Waals surface area contributed by atoms with Gasteiger partial charge in [0.25, 0.3) is 5.56 Å². The molecular weight excluding hydrogens is 516 g/mol. The molecule has 6 nitrogen and oxygen atoms in total. The summed E-state index contributed by atoms with van der Waals surface area (Å²) in [7, 11) is 0. The van der Waals surface area contributed by atoms with E-state index in [1.54, 1.807) is 6.92 Å². The second-order valence-electron chi connectivity index (χ2n) is 8.97. The van der Waals surface area contributed by atoms with E-state index in [1.165, 1.54) is 6.07 Å². The van der Waals surface area contributed by atoms with Gasteiger partial charge in [0.2, 0.25) is 5.91 Å². The van der Waals surface area contributed by atoms with Gasteiger partial charge in [-0.05, 0) is 43.0 Å². The zero-order valence-electron chi connectivity index (χ0n) is 20.1. The molecule has 4 rings (SSSR count). The number of aryl methyl sites for hydroxylation is 1. The lowest BCUT2D eigenvalue weighted by Gasteiger charge is -2.34. The van der Waals surface area contributed by atoms with Crippen LogP contribution in [0.25, 0.3) is 11.4 Å². The van der Waals surface area contributed by atoms with E-state index in [0.29, 0.717) is 24.5 Å². The van der Waals surface area contributed by atoms with Crippen molar-refractivity contribution in [2.24, 2.45) is 5.92 Å². The number of benzene rings is 2. The normalized spacial score (nSPS) is 17.2. The fourth-order valence-corrected chi connectivity index (χ4v) is 4.12. The molecule has 3 aromatic rings. The van der Waals surface area contributed by atoms with Crippen LogP contribution in [0.5, 0.6) is 0 Å². The Hall–Kier alpha value is -3.67. The number of H-pyrrole nitrogens is 1. The Morgan fingerprint density at radius 2 is 1.84 bits per heavy atom. The first kappa shape index (κ1) is 27.4. The average Bonchev–Trinajstić information content (AvgIpc) is 2.83. The first-order valence-electron chi connectivity index (χ1n) is 11.8. The van der Waals surface area contributed by atoms with E-state index in [4.69, 9.17) is 4.74 Å². The third-order valence-corrected chi connectivity index (χ3v) is 6.31. The smallest absolute Gasteiger partial charge is 0.373 e. The average molecular weight is 539 g/mol. The van der Waals surface area contributed by atoms with E-state index in [1.807, 2.05) is 0 Å². The summed E-state index contributed by atoms with van der Waals surface area (Å²) < 4.78 is 88.2. The van der Waals surface area contributed by atoms with E-state index in [-0.39, 0.29) is 36.9 Å². The second-order valence-corrected chi connectivity index (χ2v) is 8.97. The Kier molecular flexibility index (Phi) is 7.91. The molecule has 1 aliphatic carbocycles. The van der Waals surface area contributed by atoms with Crippen LogP contribution < -0.4 is 10.9 Å². The van der Waals surface area contributed by atoms with Crippen LogP contribution in [0.3, 0.4) is 0 Å². The number of aromatic nitrogens is 2. The SMILES string of the molecule is CCc1cc(=O)[nH]c(-c2c(C(F)(F)F)ccc(CNC(=O)[C@H]3C[C@H](OCc4ccc(F)c(F)c4)C3)c2F)n1. The molecule has 1 saturated carbocycles. The molecule has 0 atom stereocenters. The van der Waals surface area contributed by atoms with Crippen molar-refractivity contribution < 1.29 is 35.9 Å². The maximum Gasteiger partial charge on any atom is 0.417 e. The molecule has 2 N–H and O–H groups in total. The lowest BCUT2D eigenvalue weighted by Crippen LogP contribution is -2.42. The van der Waals surface area contributed by atoms with Gasteiger partial charge in [-0.15, -0.1) is 0 Å². The number of nitrogens with zero attached hydrogens (tertiary/aromatic N) is 1. The van der Waals surface area contributed by atoms with Crippen LogP contribution in [0.1, 0.15) is 42.1 Å². The number of aromatic amines is 1. The summed E-state index contributed by atoms with van der Waals surface area (Å²) in [6.07, 6.45) is -4.28. The number of amides is 1. The van der Waals surface area contributed by atoms with Crippen molar-refractivity contribution in [2.75, 3.05) is 0 Å². The van der Waals surface area contributed by atoms with Gasteiger partial charge in [-0.25, -0.2) is 18.2 Å².